The smallest absolute Gasteiger partial charge is 0.341 e. The molecule has 2 aromatic rings. The maximum Gasteiger partial charge on any atom is 0.341 e. The van der Waals surface area contributed by atoms with Gasteiger partial charge in [0.25, 0.3) is 0 Å². The van der Waals surface area contributed by atoms with E-state index >= 15 is 0 Å². The summed E-state index contributed by atoms with van der Waals surface area (Å²) in [5.74, 6) is -1.47. The second-order valence-corrected chi connectivity index (χ2v) is 4.23. The average molecular weight is 285 g/mol. The lowest BCUT2D eigenvalue weighted by Gasteiger charge is -2.03. The number of carbonyl (C=O) groups is 1. The van der Waals surface area contributed by atoms with Crippen LogP contribution >= 0.6 is 11.6 Å². The molecule has 19 heavy (non-hydrogen) atoms. The van der Waals surface area contributed by atoms with E-state index in [0.717, 1.165) is 0 Å². The number of halogens is 2. The second kappa shape index (κ2) is 5.27. The van der Waals surface area contributed by atoms with Crippen LogP contribution in [0.25, 0.3) is 11.3 Å². The van der Waals surface area contributed by atoms with Gasteiger partial charge in [0.05, 0.1) is 5.69 Å². The highest BCUT2D eigenvalue weighted by Gasteiger charge is 2.13. The molecule has 0 bridgehead atoms. The van der Waals surface area contributed by atoms with Gasteiger partial charge in [0.15, 0.2) is 6.61 Å². The molecule has 1 aromatic heterocycles. The van der Waals surface area contributed by atoms with E-state index < -0.39 is 18.4 Å². The summed E-state index contributed by atoms with van der Waals surface area (Å²) in [6, 6.07) is 5.75. The largest absolute Gasteiger partial charge is 0.479 e. The molecule has 0 aliphatic carbocycles. The molecule has 0 saturated carbocycles. The number of rotatable bonds is 4. The molecule has 0 radical (unpaired) electrons. The van der Waals surface area contributed by atoms with Crippen molar-refractivity contribution in [2.45, 2.75) is 0 Å². The van der Waals surface area contributed by atoms with Crippen LogP contribution in [0.2, 0.25) is 5.02 Å². The van der Waals surface area contributed by atoms with E-state index in [1.165, 1.54) is 22.9 Å². The van der Waals surface area contributed by atoms with Gasteiger partial charge in [0.2, 0.25) is 5.88 Å². The fraction of sp³-hybridized carbons (Fsp3) is 0.167. The zero-order chi connectivity index (χ0) is 14.0. The minimum absolute atomic E-state index is 0.120. The first-order chi connectivity index (χ1) is 8.97. The number of aliphatic carboxylic acids is 1. The van der Waals surface area contributed by atoms with Gasteiger partial charge in [0.1, 0.15) is 5.82 Å². The lowest BCUT2D eigenvalue weighted by Crippen LogP contribution is -2.09. The minimum Gasteiger partial charge on any atom is -0.479 e. The van der Waals surface area contributed by atoms with Gasteiger partial charge in [-0.05, 0) is 18.2 Å². The van der Waals surface area contributed by atoms with Crippen molar-refractivity contribution in [1.82, 2.24) is 9.78 Å². The Bertz CT molecular complexity index is 627. The highest BCUT2D eigenvalue weighted by Crippen LogP contribution is 2.27. The Labute approximate surface area is 113 Å². The third-order valence-electron chi connectivity index (χ3n) is 2.41. The van der Waals surface area contributed by atoms with Crippen molar-refractivity contribution in [1.29, 1.82) is 0 Å². The number of aromatic nitrogens is 2. The summed E-state index contributed by atoms with van der Waals surface area (Å²) in [5, 5.41) is 12.8. The molecule has 0 spiro atoms. The van der Waals surface area contributed by atoms with Crippen LogP contribution in [0.3, 0.4) is 0 Å². The van der Waals surface area contributed by atoms with Crippen LogP contribution in [0.4, 0.5) is 4.39 Å². The Morgan fingerprint density at radius 1 is 1.53 bits per heavy atom. The van der Waals surface area contributed by atoms with Crippen LogP contribution in [-0.2, 0) is 11.8 Å². The summed E-state index contributed by atoms with van der Waals surface area (Å²) in [7, 11) is 1.61. The zero-order valence-electron chi connectivity index (χ0n) is 9.93. The Morgan fingerprint density at radius 2 is 2.26 bits per heavy atom. The van der Waals surface area contributed by atoms with Crippen LogP contribution in [0, 0.1) is 5.82 Å². The van der Waals surface area contributed by atoms with Crippen molar-refractivity contribution >= 4 is 17.6 Å². The van der Waals surface area contributed by atoms with Gasteiger partial charge in [-0.15, -0.1) is 5.10 Å². The third-order valence-corrected chi connectivity index (χ3v) is 2.64. The molecule has 0 fully saturated rings. The van der Waals surface area contributed by atoms with Gasteiger partial charge in [0, 0.05) is 23.7 Å². The summed E-state index contributed by atoms with van der Waals surface area (Å²) >= 11 is 5.68. The summed E-state index contributed by atoms with van der Waals surface area (Å²) in [6.07, 6.45) is 0. The van der Waals surface area contributed by atoms with E-state index in [1.807, 2.05) is 0 Å². The standard InChI is InChI=1S/C12H10ClFN2O3/c1-16-10(5-11(15-16)19-6-12(17)18)8-3-2-7(13)4-9(8)14/h2-5H,6H2,1H3,(H,17,18). The van der Waals surface area contributed by atoms with Gasteiger partial charge < -0.3 is 9.84 Å². The molecule has 5 nitrogen and oxygen atoms in total. The van der Waals surface area contributed by atoms with Crippen molar-refractivity contribution in [3.8, 4) is 17.1 Å². The first-order valence-corrected chi connectivity index (χ1v) is 5.69. The van der Waals surface area contributed by atoms with E-state index in [1.54, 1.807) is 13.1 Å². The van der Waals surface area contributed by atoms with E-state index in [-0.39, 0.29) is 5.88 Å². The molecule has 0 amide bonds. The molecule has 0 atom stereocenters. The van der Waals surface area contributed by atoms with Gasteiger partial charge in [-0.2, -0.15) is 0 Å². The zero-order valence-corrected chi connectivity index (χ0v) is 10.7. The average Bonchev–Trinajstić information content (AvgIpc) is 2.68. The van der Waals surface area contributed by atoms with Gasteiger partial charge in [-0.3, -0.25) is 4.68 Å². The van der Waals surface area contributed by atoms with E-state index in [0.29, 0.717) is 16.3 Å². The number of carboxylic acid groups (broad SMARTS) is 1. The first-order valence-electron chi connectivity index (χ1n) is 5.31. The molecular weight excluding hydrogens is 275 g/mol. The molecule has 100 valence electrons. The molecule has 0 aliphatic rings. The number of carboxylic acids is 1. The van der Waals surface area contributed by atoms with Gasteiger partial charge in [-0.1, -0.05) is 11.6 Å². The first kappa shape index (κ1) is 13.4. The summed E-state index contributed by atoms with van der Waals surface area (Å²) < 4.78 is 20.1. The molecule has 7 heteroatoms. The number of nitrogens with zero attached hydrogens (tertiary/aromatic N) is 2. The normalized spacial score (nSPS) is 10.5. The van der Waals surface area contributed by atoms with E-state index in [2.05, 4.69) is 5.10 Å². The minimum atomic E-state index is -1.11. The number of hydrogen-bond donors (Lipinski definition) is 1. The number of hydrogen-bond acceptors (Lipinski definition) is 3. The molecule has 1 heterocycles. The molecular formula is C12H10ClFN2O3. The highest BCUT2D eigenvalue weighted by atomic mass is 35.5. The third kappa shape index (κ3) is 3.03. The highest BCUT2D eigenvalue weighted by molar-refractivity contribution is 6.30. The fourth-order valence-corrected chi connectivity index (χ4v) is 1.76. The topological polar surface area (TPSA) is 64.4 Å². The van der Waals surface area contributed by atoms with Crippen LogP contribution in [0.5, 0.6) is 5.88 Å². The summed E-state index contributed by atoms with van der Waals surface area (Å²) in [6.45, 7) is -0.500. The predicted octanol–water partition coefficient (Wildman–Crippen LogP) is 2.34. The maximum absolute atomic E-state index is 13.8. The van der Waals surface area contributed by atoms with Crippen LogP contribution in [0.1, 0.15) is 0 Å². The molecule has 1 N–H and O–H groups in total. The predicted molar refractivity (Wildman–Crippen MR) is 66.7 cm³/mol. The maximum atomic E-state index is 13.8. The van der Waals surface area contributed by atoms with Crippen LogP contribution < -0.4 is 4.74 Å². The number of benzene rings is 1. The molecule has 2 rings (SSSR count). The van der Waals surface area contributed by atoms with Crippen LogP contribution in [-0.4, -0.2) is 27.5 Å². The second-order valence-electron chi connectivity index (χ2n) is 3.80. The number of ether oxygens (including phenoxy) is 1. The summed E-state index contributed by atoms with van der Waals surface area (Å²) in [5.41, 5.74) is 0.777. The number of aryl methyl sites for hydroxylation is 1. The van der Waals surface area contributed by atoms with E-state index in [4.69, 9.17) is 21.4 Å². The fourth-order valence-electron chi connectivity index (χ4n) is 1.60. The van der Waals surface area contributed by atoms with E-state index in [9.17, 15) is 9.18 Å². The van der Waals surface area contributed by atoms with Crippen molar-refractivity contribution in [2.24, 2.45) is 7.05 Å². The molecule has 0 unspecified atom stereocenters. The van der Waals surface area contributed by atoms with Crippen molar-refractivity contribution in [2.75, 3.05) is 6.61 Å². The van der Waals surface area contributed by atoms with Crippen molar-refractivity contribution < 1.29 is 19.0 Å². The Hall–Kier alpha value is -2.08. The lowest BCUT2D eigenvalue weighted by atomic mass is 10.1. The van der Waals surface area contributed by atoms with Gasteiger partial charge >= 0.3 is 5.97 Å². The monoisotopic (exact) mass is 284 g/mol. The van der Waals surface area contributed by atoms with Crippen molar-refractivity contribution in [3.05, 3.63) is 35.1 Å². The van der Waals surface area contributed by atoms with Crippen LogP contribution in [0.15, 0.2) is 24.3 Å². The Kier molecular flexibility index (Phi) is 3.71. The van der Waals surface area contributed by atoms with Crippen molar-refractivity contribution in [3.63, 3.8) is 0 Å². The lowest BCUT2D eigenvalue weighted by molar-refractivity contribution is -0.139. The Balaban J connectivity index is 2.32. The SMILES string of the molecule is Cn1nc(OCC(=O)O)cc1-c1ccc(Cl)cc1F. The quantitative estimate of drug-likeness (QED) is 0.936. The molecule has 1 aromatic carbocycles. The Morgan fingerprint density at radius 3 is 2.89 bits per heavy atom. The molecule has 0 saturated heterocycles. The van der Waals surface area contributed by atoms with Gasteiger partial charge in [-0.25, -0.2) is 9.18 Å². The summed E-state index contributed by atoms with van der Waals surface area (Å²) in [4.78, 5) is 10.4. The molecule has 0 aliphatic heterocycles.